The molecule has 25 heavy (non-hydrogen) atoms. The lowest BCUT2D eigenvalue weighted by atomic mass is 9.97. The Balaban J connectivity index is 2.16. The largest absolute Gasteiger partial charge is 0.472 e. The van der Waals surface area contributed by atoms with E-state index in [1.165, 1.54) is 24.7 Å². The minimum atomic E-state index is -4.41. The zero-order valence-electron chi connectivity index (χ0n) is 13.3. The highest BCUT2D eigenvalue weighted by molar-refractivity contribution is 5.99. The highest BCUT2D eigenvalue weighted by atomic mass is 19.4. The van der Waals surface area contributed by atoms with Crippen molar-refractivity contribution < 1.29 is 27.5 Å². The standard InChI is InChI=1S/C17H15F3N2O3/c1-2-15(24)14(8-23)13-7-21-10-22-16(13)25-9-11-3-5-12(6-4-11)17(18,19)20/h3-8,10,14H,2,9H2,1H3. The summed E-state index contributed by atoms with van der Waals surface area (Å²) in [5.41, 5.74) is -0.0353. The minimum Gasteiger partial charge on any atom is -0.472 e. The van der Waals surface area contributed by atoms with Gasteiger partial charge in [-0.1, -0.05) is 19.1 Å². The number of Topliss-reactive ketones (excluding diaryl/α,β-unsaturated/α-hetero) is 1. The summed E-state index contributed by atoms with van der Waals surface area (Å²) >= 11 is 0. The van der Waals surface area contributed by atoms with Gasteiger partial charge in [-0.3, -0.25) is 4.79 Å². The van der Waals surface area contributed by atoms with Crippen LogP contribution in [0.25, 0.3) is 0 Å². The molecule has 1 aromatic carbocycles. The van der Waals surface area contributed by atoms with Crippen molar-refractivity contribution in [2.24, 2.45) is 0 Å². The molecule has 1 atom stereocenters. The number of aromatic nitrogens is 2. The number of carbonyl (C=O) groups excluding carboxylic acids is 2. The number of benzene rings is 1. The topological polar surface area (TPSA) is 69.2 Å². The van der Waals surface area contributed by atoms with E-state index in [1.54, 1.807) is 6.92 Å². The van der Waals surface area contributed by atoms with Crippen molar-refractivity contribution in [2.75, 3.05) is 0 Å². The first-order valence-electron chi connectivity index (χ1n) is 7.43. The van der Waals surface area contributed by atoms with Gasteiger partial charge in [0.2, 0.25) is 5.88 Å². The summed E-state index contributed by atoms with van der Waals surface area (Å²) in [4.78, 5) is 30.8. The minimum absolute atomic E-state index is 0.0498. The third-order valence-corrected chi connectivity index (χ3v) is 3.53. The highest BCUT2D eigenvalue weighted by Crippen LogP contribution is 2.29. The number of hydrogen-bond acceptors (Lipinski definition) is 5. The molecule has 0 saturated heterocycles. The molecule has 1 aromatic heterocycles. The molecule has 0 saturated carbocycles. The number of ether oxygens (including phenoxy) is 1. The highest BCUT2D eigenvalue weighted by Gasteiger charge is 2.30. The molecule has 0 aliphatic heterocycles. The molecule has 8 heteroatoms. The number of alkyl halides is 3. The van der Waals surface area contributed by atoms with Crippen molar-refractivity contribution in [1.29, 1.82) is 0 Å². The van der Waals surface area contributed by atoms with Gasteiger partial charge in [0.1, 0.15) is 30.9 Å². The van der Waals surface area contributed by atoms with E-state index in [4.69, 9.17) is 4.74 Å². The number of rotatable bonds is 7. The van der Waals surface area contributed by atoms with Gasteiger partial charge in [-0.15, -0.1) is 0 Å². The Bertz CT molecular complexity index is 746. The van der Waals surface area contributed by atoms with Crippen molar-refractivity contribution in [3.8, 4) is 5.88 Å². The van der Waals surface area contributed by atoms with Gasteiger partial charge in [0.05, 0.1) is 11.1 Å². The zero-order chi connectivity index (χ0) is 18.4. The van der Waals surface area contributed by atoms with E-state index in [-0.39, 0.29) is 30.3 Å². The van der Waals surface area contributed by atoms with Crippen molar-refractivity contribution in [3.05, 3.63) is 53.5 Å². The van der Waals surface area contributed by atoms with E-state index in [0.717, 1.165) is 12.1 Å². The van der Waals surface area contributed by atoms with Gasteiger partial charge in [-0.2, -0.15) is 13.2 Å². The van der Waals surface area contributed by atoms with Crippen LogP contribution in [0.1, 0.15) is 36.0 Å². The molecule has 0 amide bonds. The van der Waals surface area contributed by atoms with Crippen LogP contribution in [0.2, 0.25) is 0 Å². The summed E-state index contributed by atoms with van der Waals surface area (Å²) in [5.74, 6) is -1.29. The smallest absolute Gasteiger partial charge is 0.416 e. The quantitative estimate of drug-likeness (QED) is 0.565. The fraction of sp³-hybridized carbons (Fsp3) is 0.294. The predicted octanol–water partition coefficient (Wildman–Crippen LogP) is 3.34. The summed E-state index contributed by atoms with van der Waals surface area (Å²) in [6.45, 7) is 1.57. The van der Waals surface area contributed by atoms with E-state index >= 15 is 0 Å². The van der Waals surface area contributed by atoms with Gasteiger partial charge in [0.25, 0.3) is 0 Å². The number of carbonyl (C=O) groups is 2. The summed E-state index contributed by atoms with van der Waals surface area (Å²) in [6, 6.07) is 4.49. The maximum Gasteiger partial charge on any atom is 0.416 e. The molecule has 0 aliphatic rings. The second-order valence-electron chi connectivity index (χ2n) is 5.20. The number of nitrogens with zero attached hydrogens (tertiary/aromatic N) is 2. The van der Waals surface area contributed by atoms with Crippen LogP contribution in [0, 0.1) is 0 Å². The Kier molecular flexibility index (Phi) is 5.84. The Morgan fingerprint density at radius 3 is 2.52 bits per heavy atom. The van der Waals surface area contributed by atoms with Crippen LogP contribution in [0.3, 0.4) is 0 Å². The molecule has 2 aromatic rings. The van der Waals surface area contributed by atoms with Crippen LogP contribution in [0.15, 0.2) is 36.8 Å². The lowest BCUT2D eigenvalue weighted by molar-refractivity contribution is -0.137. The average Bonchev–Trinajstić information content (AvgIpc) is 2.61. The first kappa shape index (κ1) is 18.6. The van der Waals surface area contributed by atoms with Crippen molar-refractivity contribution in [3.63, 3.8) is 0 Å². The van der Waals surface area contributed by atoms with Gasteiger partial charge in [0.15, 0.2) is 0 Å². The third-order valence-electron chi connectivity index (χ3n) is 3.53. The molecule has 132 valence electrons. The molecular formula is C17H15F3N2O3. The van der Waals surface area contributed by atoms with Crippen molar-refractivity contribution in [2.45, 2.75) is 32.0 Å². The van der Waals surface area contributed by atoms with Gasteiger partial charge in [-0.05, 0) is 17.7 Å². The van der Waals surface area contributed by atoms with Crippen LogP contribution in [-0.4, -0.2) is 22.0 Å². The molecule has 1 unspecified atom stereocenters. The van der Waals surface area contributed by atoms with Gasteiger partial charge in [0, 0.05) is 12.6 Å². The van der Waals surface area contributed by atoms with Crippen molar-refractivity contribution >= 4 is 12.1 Å². The molecule has 0 radical (unpaired) electrons. The van der Waals surface area contributed by atoms with Crippen LogP contribution in [0.5, 0.6) is 5.88 Å². The van der Waals surface area contributed by atoms with Crippen LogP contribution < -0.4 is 4.74 Å². The third kappa shape index (κ3) is 4.62. The van der Waals surface area contributed by atoms with E-state index < -0.39 is 17.7 Å². The molecule has 0 bridgehead atoms. The maximum absolute atomic E-state index is 12.5. The Labute approximate surface area is 141 Å². The monoisotopic (exact) mass is 352 g/mol. The van der Waals surface area contributed by atoms with Gasteiger partial charge >= 0.3 is 6.18 Å². The molecular weight excluding hydrogens is 337 g/mol. The average molecular weight is 352 g/mol. The molecule has 2 rings (SSSR count). The molecule has 0 aliphatic carbocycles. The van der Waals surface area contributed by atoms with Crippen LogP contribution >= 0.6 is 0 Å². The summed E-state index contributed by atoms with van der Waals surface area (Å²) in [6.07, 6.45) is -1.23. The SMILES string of the molecule is CCC(=O)C(C=O)c1cncnc1OCc1ccc(C(F)(F)F)cc1. The molecule has 5 nitrogen and oxygen atoms in total. The second kappa shape index (κ2) is 7.87. The summed E-state index contributed by atoms with van der Waals surface area (Å²) < 4.78 is 43.1. The Morgan fingerprint density at radius 1 is 1.28 bits per heavy atom. The normalized spacial score (nSPS) is 12.5. The van der Waals surface area contributed by atoms with Crippen molar-refractivity contribution in [1.82, 2.24) is 9.97 Å². The lowest BCUT2D eigenvalue weighted by Crippen LogP contribution is -2.15. The number of hydrogen-bond donors (Lipinski definition) is 0. The Hall–Kier alpha value is -2.77. The van der Waals surface area contributed by atoms with Crippen LogP contribution in [-0.2, 0) is 22.4 Å². The van der Waals surface area contributed by atoms with Gasteiger partial charge in [-0.25, -0.2) is 9.97 Å². The van der Waals surface area contributed by atoms with E-state index in [2.05, 4.69) is 9.97 Å². The van der Waals surface area contributed by atoms with Gasteiger partial charge < -0.3 is 9.53 Å². The first-order chi connectivity index (χ1) is 11.9. The second-order valence-corrected chi connectivity index (χ2v) is 5.20. The fourth-order valence-corrected chi connectivity index (χ4v) is 2.15. The molecule has 0 spiro atoms. The summed E-state index contributed by atoms with van der Waals surface area (Å²) in [5, 5.41) is 0. The lowest BCUT2D eigenvalue weighted by Gasteiger charge is -2.13. The zero-order valence-corrected chi connectivity index (χ0v) is 13.3. The number of halogens is 3. The van der Waals surface area contributed by atoms with E-state index in [1.807, 2.05) is 0 Å². The molecule has 1 heterocycles. The summed E-state index contributed by atoms with van der Waals surface area (Å²) in [7, 11) is 0. The Morgan fingerprint density at radius 2 is 1.96 bits per heavy atom. The van der Waals surface area contributed by atoms with E-state index in [9.17, 15) is 22.8 Å². The van der Waals surface area contributed by atoms with Crippen LogP contribution in [0.4, 0.5) is 13.2 Å². The van der Waals surface area contributed by atoms with E-state index in [0.29, 0.717) is 11.8 Å². The first-order valence-corrected chi connectivity index (χ1v) is 7.43. The molecule has 0 fully saturated rings. The number of aldehydes is 1. The fourth-order valence-electron chi connectivity index (χ4n) is 2.15. The molecule has 0 N–H and O–H groups in total. The maximum atomic E-state index is 12.5. The predicted molar refractivity (Wildman–Crippen MR) is 81.9 cm³/mol. The number of ketones is 1.